The molecule has 1 spiro atoms. The summed E-state index contributed by atoms with van der Waals surface area (Å²) in [5, 5.41) is 10.2. The zero-order valence-corrected chi connectivity index (χ0v) is 25.4. The SMILES string of the molecule is C=CCN(Cc1ccccc1)C(=O)[C@H]1[C@@H]2SC3(CC2Br)C(C(=O)N(CC=C)C(C)C)N([C@@H](CC)CO)C(=O)[C@H]13. The van der Waals surface area contributed by atoms with Crippen LogP contribution in [0.5, 0.6) is 0 Å². The third-order valence-electron chi connectivity index (χ3n) is 8.43. The summed E-state index contributed by atoms with van der Waals surface area (Å²) in [5.41, 5.74) is 1.00. The molecular formula is C30H40BrN3O4S. The van der Waals surface area contributed by atoms with E-state index >= 15 is 0 Å². The van der Waals surface area contributed by atoms with E-state index in [0.29, 0.717) is 32.5 Å². The number of carbonyl (C=O) groups excluding carboxylic acids is 3. The summed E-state index contributed by atoms with van der Waals surface area (Å²) in [6.07, 6.45) is 4.54. The minimum Gasteiger partial charge on any atom is -0.394 e. The fourth-order valence-electron chi connectivity index (χ4n) is 6.69. The van der Waals surface area contributed by atoms with E-state index in [2.05, 4.69) is 29.1 Å². The molecule has 3 fully saturated rings. The van der Waals surface area contributed by atoms with E-state index in [4.69, 9.17) is 0 Å². The molecule has 3 amide bonds. The standard InChI is InChI=1S/C30H40BrN3O4S/c1-6-14-32(17-20-12-10-9-11-13-20)27(36)23-24-28(37)34(21(8-3)18-35)26(29(38)33(15-7-2)19(4)5)30(24)16-22(31)25(23)39-30/h6-7,9-13,19,21-26,35H,1-2,8,14-18H2,3-5H3/t21-,22?,23+,24-,25+,26?,30?/m0/s1. The van der Waals surface area contributed by atoms with Crippen molar-refractivity contribution in [2.45, 2.75) is 73.1 Å². The van der Waals surface area contributed by atoms with Crippen LogP contribution in [0.1, 0.15) is 39.2 Å². The maximum absolute atomic E-state index is 14.4. The molecule has 1 N–H and O–H groups in total. The summed E-state index contributed by atoms with van der Waals surface area (Å²) in [7, 11) is 0. The van der Waals surface area contributed by atoms with Crippen molar-refractivity contribution >= 4 is 45.4 Å². The number of thioether (sulfide) groups is 1. The second-order valence-corrected chi connectivity index (χ2v) is 13.7. The zero-order chi connectivity index (χ0) is 28.5. The Labute approximate surface area is 244 Å². The summed E-state index contributed by atoms with van der Waals surface area (Å²) in [6.45, 7) is 14.4. The number of aliphatic hydroxyl groups is 1. The quantitative estimate of drug-likeness (QED) is 0.285. The van der Waals surface area contributed by atoms with Crippen molar-refractivity contribution in [3.8, 4) is 0 Å². The van der Waals surface area contributed by atoms with E-state index in [-0.39, 0.29) is 40.4 Å². The van der Waals surface area contributed by atoms with Crippen molar-refractivity contribution in [2.24, 2.45) is 11.8 Å². The third-order valence-corrected chi connectivity index (χ3v) is 11.7. The number of aliphatic hydroxyl groups excluding tert-OH is 1. The highest BCUT2D eigenvalue weighted by Gasteiger charge is 2.76. The number of fused-ring (bicyclic) bond motifs is 1. The number of hydrogen-bond acceptors (Lipinski definition) is 5. The maximum atomic E-state index is 14.4. The number of rotatable bonds is 12. The topological polar surface area (TPSA) is 81.2 Å². The Hall–Kier alpha value is -2.10. The summed E-state index contributed by atoms with van der Waals surface area (Å²) < 4.78 is -0.753. The average Bonchev–Trinajstić information content (AvgIpc) is 3.51. The van der Waals surface area contributed by atoms with Crippen molar-refractivity contribution in [3.05, 3.63) is 61.2 Å². The van der Waals surface area contributed by atoms with Crippen molar-refractivity contribution in [1.82, 2.24) is 14.7 Å². The minimum absolute atomic E-state index is 0.0147. The monoisotopic (exact) mass is 617 g/mol. The summed E-state index contributed by atoms with van der Waals surface area (Å²) in [5.74, 6) is -1.63. The van der Waals surface area contributed by atoms with Gasteiger partial charge in [-0.2, -0.15) is 0 Å². The molecule has 3 aliphatic heterocycles. The predicted molar refractivity (Wildman–Crippen MR) is 159 cm³/mol. The lowest BCUT2D eigenvalue weighted by molar-refractivity contribution is -0.147. The van der Waals surface area contributed by atoms with Gasteiger partial charge in [0.2, 0.25) is 17.7 Å². The van der Waals surface area contributed by atoms with Crippen molar-refractivity contribution in [3.63, 3.8) is 0 Å². The number of halogens is 1. The van der Waals surface area contributed by atoms with Gasteiger partial charge in [0, 0.05) is 35.8 Å². The molecule has 3 unspecified atom stereocenters. The first kappa shape index (κ1) is 29.9. The van der Waals surface area contributed by atoms with Gasteiger partial charge in [-0.25, -0.2) is 0 Å². The van der Waals surface area contributed by atoms with Crippen molar-refractivity contribution in [1.29, 1.82) is 0 Å². The fourth-order valence-corrected chi connectivity index (χ4v) is 10.3. The molecule has 7 atom stereocenters. The molecule has 0 aliphatic carbocycles. The lowest BCUT2D eigenvalue weighted by atomic mass is 9.70. The summed E-state index contributed by atoms with van der Waals surface area (Å²) in [4.78, 5) is 48.1. The molecule has 7 nitrogen and oxygen atoms in total. The van der Waals surface area contributed by atoms with Gasteiger partial charge in [-0.3, -0.25) is 14.4 Å². The lowest BCUT2D eigenvalue weighted by Gasteiger charge is -2.41. The highest BCUT2D eigenvalue weighted by Crippen LogP contribution is 2.68. The number of amides is 3. The highest BCUT2D eigenvalue weighted by atomic mass is 79.9. The molecule has 0 saturated carbocycles. The number of nitrogens with zero attached hydrogens (tertiary/aromatic N) is 3. The molecule has 3 saturated heterocycles. The average molecular weight is 619 g/mol. The maximum Gasteiger partial charge on any atom is 0.247 e. The van der Waals surface area contributed by atoms with E-state index < -0.39 is 28.7 Å². The van der Waals surface area contributed by atoms with Gasteiger partial charge in [-0.1, -0.05) is 65.3 Å². The first-order chi connectivity index (χ1) is 18.7. The first-order valence-electron chi connectivity index (χ1n) is 13.8. The van der Waals surface area contributed by atoms with Crippen LogP contribution in [-0.4, -0.2) is 90.2 Å². The second-order valence-electron chi connectivity index (χ2n) is 11.0. The molecule has 2 bridgehead atoms. The van der Waals surface area contributed by atoms with E-state index in [1.165, 1.54) is 0 Å². The Morgan fingerprint density at radius 3 is 2.44 bits per heavy atom. The second kappa shape index (κ2) is 12.2. The number of benzene rings is 1. The van der Waals surface area contributed by atoms with Crippen LogP contribution < -0.4 is 0 Å². The van der Waals surface area contributed by atoms with Crippen LogP contribution in [0, 0.1) is 11.8 Å². The van der Waals surface area contributed by atoms with Crippen LogP contribution >= 0.6 is 27.7 Å². The molecule has 212 valence electrons. The fraction of sp³-hybridized carbons (Fsp3) is 0.567. The highest BCUT2D eigenvalue weighted by molar-refractivity contribution is 9.09. The van der Waals surface area contributed by atoms with E-state index in [0.717, 1.165) is 5.56 Å². The van der Waals surface area contributed by atoms with Crippen LogP contribution in [0.4, 0.5) is 0 Å². The predicted octanol–water partition coefficient (Wildman–Crippen LogP) is 3.86. The largest absolute Gasteiger partial charge is 0.394 e. The van der Waals surface area contributed by atoms with Gasteiger partial charge in [0.1, 0.15) is 6.04 Å². The van der Waals surface area contributed by atoms with Crippen LogP contribution in [0.25, 0.3) is 0 Å². The van der Waals surface area contributed by atoms with Gasteiger partial charge < -0.3 is 19.8 Å². The van der Waals surface area contributed by atoms with Crippen LogP contribution in [0.2, 0.25) is 0 Å². The smallest absolute Gasteiger partial charge is 0.247 e. The van der Waals surface area contributed by atoms with Gasteiger partial charge >= 0.3 is 0 Å². The van der Waals surface area contributed by atoms with Crippen molar-refractivity contribution in [2.75, 3.05) is 19.7 Å². The normalized spacial score (nSPS) is 29.8. The first-order valence-corrected chi connectivity index (χ1v) is 15.6. The van der Waals surface area contributed by atoms with Gasteiger partial charge in [-0.05, 0) is 32.3 Å². The van der Waals surface area contributed by atoms with Crippen LogP contribution in [0.3, 0.4) is 0 Å². The molecular weight excluding hydrogens is 578 g/mol. The number of hydrogen-bond donors (Lipinski definition) is 1. The Kier molecular flexibility index (Phi) is 9.33. The molecule has 3 aliphatic rings. The molecule has 0 aromatic heterocycles. The number of alkyl halides is 1. The Morgan fingerprint density at radius 1 is 1.21 bits per heavy atom. The summed E-state index contributed by atoms with van der Waals surface area (Å²) >= 11 is 5.47. The van der Waals surface area contributed by atoms with E-state index in [1.54, 1.807) is 38.6 Å². The molecule has 1 aromatic rings. The summed E-state index contributed by atoms with van der Waals surface area (Å²) in [6, 6.07) is 8.45. The zero-order valence-electron chi connectivity index (χ0n) is 23.0. The molecule has 9 heteroatoms. The van der Waals surface area contributed by atoms with Crippen LogP contribution in [0.15, 0.2) is 55.6 Å². The number of carbonyl (C=O) groups is 3. The molecule has 1 aromatic carbocycles. The van der Waals surface area contributed by atoms with Gasteiger partial charge in [0.15, 0.2) is 0 Å². The van der Waals surface area contributed by atoms with E-state index in [1.807, 2.05) is 51.1 Å². The van der Waals surface area contributed by atoms with Gasteiger partial charge in [-0.15, -0.1) is 24.9 Å². The van der Waals surface area contributed by atoms with Crippen molar-refractivity contribution < 1.29 is 19.5 Å². The number of likely N-dealkylation sites (tertiary alicyclic amines) is 1. The Morgan fingerprint density at radius 2 is 1.87 bits per heavy atom. The molecule has 0 radical (unpaired) electrons. The Bertz CT molecular complexity index is 1100. The van der Waals surface area contributed by atoms with E-state index in [9.17, 15) is 19.5 Å². The Balaban J connectivity index is 1.78. The lowest BCUT2D eigenvalue weighted by Crippen LogP contribution is -2.58. The van der Waals surface area contributed by atoms with Gasteiger partial charge in [0.25, 0.3) is 0 Å². The molecule has 39 heavy (non-hydrogen) atoms. The third kappa shape index (κ3) is 5.10. The van der Waals surface area contributed by atoms with Crippen LogP contribution in [-0.2, 0) is 20.9 Å². The minimum atomic E-state index is -0.760. The van der Waals surface area contributed by atoms with Gasteiger partial charge in [0.05, 0.1) is 29.2 Å². The molecule has 3 heterocycles. The molecule has 4 rings (SSSR count).